The van der Waals surface area contributed by atoms with E-state index in [1.165, 1.54) is 17.4 Å². The molecule has 0 bridgehead atoms. The van der Waals surface area contributed by atoms with E-state index < -0.39 is 0 Å². The molecule has 0 saturated heterocycles. The molecule has 1 aliphatic heterocycles. The Bertz CT molecular complexity index is 78.9. The van der Waals surface area contributed by atoms with Crippen LogP contribution in [0.5, 0.6) is 0 Å². The molecule has 1 aliphatic rings. The summed E-state index contributed by atoms with van der Waals surface area (Å²) >= 11 is 1.85. The highest BCUT2D eigenvalue weighted by molar-refractivity contribution is 7.78. The van der Waals surface area contributed by atoms with Crippen molar-refractivity contribution >= 4 is 16.5 Å². The van der Waals surface area contributed by atoms with Crippen LogP contribution in [-0.4, -0.2) is 17.4 Å². The third kappa shape index (κ3) is 0.739. The summed E-state index contributed by atoms with van der Waals surface area (Å²) in [6, 6.07) is 0. The van der Waals surface area contributed by atoms with Gasteiger partial charge in [-0.15, -0.1) is 0 Å². The third-order valence-corrected chi connectivity index (χ3v) is 1.75. The average molecular weight is 105 g/mol. The number of hydrogen-bond donors (Lipinski definition) is 2. The van der Waals surface area contributed by atoms with Crippen molar-refractivity contribution in [3.05, 3.63) is 0 Å². The van der Waals surface area contributed by atoms with E-state index in [-0.39, 0.29) is 0 Å². The molecule has 0 aromatic heterocycles. The van der Waals surface area contributed by atoms with Gasteiger partial charge in [-0.25, -0.2) is 11.1 Å². The van der Waals surface area contributed by atoms with E-state index in [4.69, 9.17) is 0 Å². The molecule has 0 amide bonds. The van der Waals surface area contributed by atoms with Crippen molar-refractivity contribution in [2.24, 2.45) is 0 Å². The zero-order chi connectivity index (χ0) is 4.41. The normalized spacial score (nSPS) is 21.2. The zero-order valence-corrected chi connectivity index (χ0v) is 4.42. The van der Waals surface area contributed by atoms with Crippen LogP contribution in [0.25, 0.3) is 0 Å². The maximum Gasteiger partial charge on any atom is 0.536 e. The van der Waals surface area contributed by atoms with Gasteiger partial charge in [-0.05, 0) is 0 Å². The van der Waals surface area contributed by atoms with Crippen LogP contribution in [0.1, 0.15) is 0 Å². The van der Waals surface area contributed by atoms with Crippen LogP contribution in [0.2, 0.25) is 0 Å². The topological polar surface area (TPSA) is 44.2 Å². The molecule has 1 rings (SSSR count). The lowest BCUT2D eigenvalue weighted by Gasteiger charge is -1.66. The molecule has 0 aliphatic carbocycles. The van der Waals surface area contributed by atoms with Gasteiger partial charge in [-0.2, -0.15) is 0 Å². The summed E-state index contributed by atoms with van der Waals surface area (Å²) in [7, 11) is 0. The lowest BCUT2D eigenvalue weighted by Crippen LogP contribution is -2.97. The Morgan fingerprint density at radius 1 is 1.83 bits per heavy atom. The van der Waals surface area contributed by atoms with Crippen LogP contribution in [-0.2, 0) is 11.4 Å². The summed E-state index contributed by atoms with van der Waals surface area (Å²) in [5, 5.41) is 3.42. The van der Waals surface area contributed by atoms with Crippen molar-refractivity contribution in [2.45, 2.75) is 0 Å². The molecule has 0 spiro atoms. The third-order valence-electron chi connectivity index (χ3n) is 0.777. The second-order valence-electron chi connectivity index (χ2n) is 1.31. The monoisotopic (exact) mass is 105 g/mol. The van der Waals surface area contributed by atoms with Crippen LogP contribution < -0.4 is 11.1 Å². The van der Waals surface area contributed by atoms with Gasteiger partial charge >= 0.3 is 16.5 Å². The minimum atomic E-state index is 1.23. The number of nitrogens with two attached hydrogens (primary N) is 1. The Balaban J connectivity index is 2.45. The Kier molecular flexibility index (Phi) is 1.14. The molecule has 0 aromatic carbocycles. The van der Waals surface area contributed by atoms with E-state index in [0.29, 0.717) is 0 Å². The predicted molar refractivity (Wildman–Crippen MR) is 26.9 cm³/mol. The van der Waals surface area contributed by atoms with Gasteiger partial charge in [0.2, 0.25) is 5.75 Å². The SMILES string of the molecule is [NH3+]C1=[S+]CC[NH2+]1. The largest absolute Gasteiger partial charge is 0.536 e. The van der Waals surface area contributed by atoms with Gasteiger partial charge in [-0.1, -0.05) is 0 Å². The first-order valence-electron chi connectivity index (χ1n) is 2.04. The summed E-state index contributed by atoms with van der Waals surface area (Å²) in [4.78, 5) is 0. The van der Waals surface area contributed by atoms with Crippen molar-refractivity contribution in [3.63, 3.8) is 0 Å². The van der Waals surface area contributed by atoms with Crippen molar-refractivity contribution in [1.29, 1.82) is 0 Å². The van der Waals surface area contributed by atoms with Gasteiger partial charge in [0, 0.05) is 0 Å². The predicted octanol–water partition coefficient (Wildman–Crippen LogP) is -3.02. The highest BCUT2D eigenvalue weighted by Crippen LogP contribution is 1.57. The van der Waals surface area contributed by atoms with E-state index in [1.54, 1.807) is 0 Å². The lowest BCUT2D eigenvalue weighted by atomic mass is 10.8. The van der Waals surface area contributed by atoms with Crippen LogP contribution in [0.15, 0.2) is 0 Å². The van der Waals surface area contributed by atoms with Crippen molar-refractivity contribution in [1.82, 2.24) is 0 Å². The van der Waals surface area contributed by atoms with E-state index >= 15 is 0 Å². The standard InChI is InChI=1S/C3H7N2S/c4-3-5-1-2-6-3/h5H,1-2,4H2/q+1/p+2. The van der Waals surface area contributed by atoms with E-state index in [2.05, 4.69) is 11.1 Å². The molecular formula is C3H9N2S+3. The van der Waals surface area contributed by atoms with Crippen LogP contribution in [0.4, 0.5) is 0 Å². The summed E-state index contributed by atoms with van der Waals surface area (Å²) in [6.45, 7) is 1.23. The van der Waals surface area contributed by atoms with Gasteiger partial charge in [0.05, 0.1) is 0 Å². The van der Waals surface area contributed by atoms with E-state index in [9.17, 15) is 0 Å². The molecule has 0 radical (unpaired) electrons. The number of rotatable bonds is 0. The number of hydrogen-bond acceptors (Lipinski definition) is 0. The maximum absolute atomic E-state index is 3.76. The van der Waals surface area contributed by atoms with Crippen molar-refractivity contribution < 1.29 is 11.1 Å². The van der Waals surface area contributed by atoms with E-state index in [0.717, 1.165) is 0 Å². The van der Waals surface area contributed by atoms with Crippen LogP contribution in [0, 0.1) is 0 Å². The van der Waals surface area contributed by atoms with Gasteiger partial charge in [0.15, 0.2) is 0 Å². The Morgan fingerprint density at radius 2 is 2.67 bits per heavy atom. The van der Waals surface area contributed by atoms with Crippen LogP contribution in [0.3, 0.4) is 0 Å². The minimum Gasteiger partial charge on any atom is -0.226 e. The fourth-order valence-electron chi connectivity index (χ4n) is 0.469. The Labute approximate surface area is 40.7 Å². The molecule has 0 atom stereocenters. The Hall–Kier alpha value is 0.01000. The number of quaternary nitrogens is 2. The fourth-order valence-corrected chi connectivity index (χ4v) is 1.20. The van der Waals surface area contributed by atoms with Crippen molar-refractivity contribution in [3.8, 4) is 0 Å². The zero-order valence-electron chi connectivity index (χ0n) is 3.61. The summed E-state index contributed by atoms with van der Waals surface area (Å²) in [6.07, 6.45) is 0. The van der Waals surface area contributed by atoms with Gasteiger partial charge in [0.1, 0.15) is 6.54 Å². The molecule has 0 unspecified atom stereocenters. The van der Waals surface area contributed by atoms with Gasteiger partial charge < -0.3 is 0 Å². The molecule has 0 saturated carbocycles. The molecule has 2 nitrogen and oxygen atoms in total. The molecule has 0 fully saturated rings. The van der Waals surface area contributed by atoms with Gasteiger partial charge in [-0.3, -0.25) is 0 Å². The Morgan fingerprint density at radius 3 is 2.83 bits per heavy atom. The first-order chi connectivity index (χ1) is 2.89. The highest BCUT2D eigenvalue weighted by atomic mass is 32.1. The van der Waals surface area contributed by atoms with Gasteiger partial charge in [0.25, 0.3) is 0 Å². The summed E-state index contributed by atoms with van der Waals surface area (Å²) < 4.78 is 0. The first-order valence-corrected chi connectivity index (χ1v) is 3.03. The first kappa shape index (κ1) is 4.18. The smallest absolute Gasteiger partial charge is 0.226 e. The highest BCUT2D eigenvalue weighted by Gasteiger charge is 2.21. The molecule has 3 heteroatoms. The average Bonchev–Trinajstić information content (AvgIpc) is 1.86. The van der Waals surface area contributed by atoms with Crippen LogP contribution >= 0.6 is 0 Å². The lowest BCUT2D eigenvalue weighted by molar-refractivity contribution is -0.586. The summed E-state index contributed by atoms with van der Waals surface area (Å²) in [5.74, 6) is 1.25. The summed E-state index contributed by atoms with van der Waals surface area (Å²) in [5.41, 5.74) is 3.76. The maximum atomic E-state index is 3.76. The second kappa shape index (κ2) is 1.64. The minimum absolute atomic E-state index is 1.23. The molecule has 1 heterocycles. The quantitative estimate of drug-likeness (QED) is 0.243. The molecule has 6 heavy (non-hydrogen) atoms. The fraction of sp³-hybridized carbons (Fsp3) is 0.667. The molecular weight excluding hydrogens is 96.1 g/mol. The van der Waals surface area contributed by atoms with Crippen molar-refractivity contribution in [2.75, 3.05) is 12.3 Å². The van der Waals surface area contributed by atoms with E-state index in [1.807, 2.05) is 11.4 Å². The molecule has 34 valence electrons. The molecule has 5 N–H and O–H groups in total. The second-order valence-corrected chi connectivity index (χ2v) is 2.53. The molecule has 0 aromatic rings.